The van der Waals surface area contributed by atoms with Gasteiger partial charge in [-0.2, -0.15) is 0 Å². The topological polar surface area (TPSA) is 55.1 Å². The molecule has 0 aliphatic heterocycles. The molecule has 2 aromatic rings. The second-order valence-corrected chi connectivity index (χ2v) is 5.51. The van der Waals surface area contributed by atoms with Gasteiger partial charge >= 0.3 is 0 Å². The number of nitrogens with two attached hydrogens (primary N) is 1. The minimum atomic E-state index is -0.545. The van der Waals surface area contributed by atoms with E-state index in [2.05, 4.69) is 18.3 Å². The first-order valence-electron chi connectivity index (χ1n) is 6.46. The molecule has 0 aliphatic rings. The highest BCUT2D eigenvalue weighted by atomic mass is 32.1. The Morgan fingerprint density at radius 3 is 2.85 bits per heavy atom. The third kappa shape index (κ3) is 3.43. The summed E-state index contributed by atoms with van der Waals surface area (Å²) in [5, 5.41) is 5.34. The minimum Gasteiger partial charge on any atom is -0.366 e. The molecule has 1 aromatic heterocycles. The molecule has 1 aromatic carbocycles. The zero-order valence-corrected chi connectivity index (χ0v) is 12.0. The van der Waals surface area contributed by atoms with Crippen LogP contribution in [0.1, 0.15) is 40.2 Å². The first kappa shape index (κ1) is 14.7. The van der Waals surface area contributed by atoms with Crippen molar-refractivity contribution in [2.75, 3.05) is 0 Å². The van der Waals surface area contributed by atoms with Gasteiger partial charge in [0, 0.05) is 28.6 Å². The maximum absolute atomic E-state index is 13.7. The summed E-state index contributed by atoms with van der Waals surface area (Å²) in [5.74, 6) is -0.875. The van der Waals surface area contributed by atoms with E-state index in [9.17, 15) is 9.18 Å². The molecule has 20 heavy (non-hydrogen) atoms. The van der Waals surface area contributed by atoms with Gasteiger partial charge in [-0.1, -0.05) is 13.0 Å². The molecule has 1 amide bonds. The van der Waals surface area contributed by atoms with E-state index in [1.807, 2.05) is 11.4 Å². The standard InChI is InChI=1S/C15H17FN2OS/c1-2-13(14-4-3-7-20-14)18-9-11-8-10(15(17)19)5-6-12(11)16/h3-8,13,18H,2,9H2,1H3,(H2,17,19). The lowest BCUT2D eigenvalue weighted by Crippen LogP contribution is -2.20. The third-order valence-electron chi connectivity index (χ3n) is 3.16. The van der Waals surface area contributed by atoms with Crippen LogP contribution in [0.15, 0.2) is 35.7 Å². The summed E-state index contributed by atoms with van der Waals surface area (Å²) in [6, 6.07) is 8.43. The minimum absolute atomic E-state index is 0.187. The molecule has 5 heteroatoms. The highest BCUT2D eigenvalue weighted by Crippen LogP contribution is 2.22. The van der Waals surface area contributed by atoms with E-state index in [1.54, 1.807) is 11.3 Å². The SMILES string of the molecule is CCC(NCc1cc(C(N)=O)ccc1F)c1cccs1. The van der Waals surface area contributed by atoms with Gasteiger partial charge in [0.15, 0.2) is 0 Å². The Bertz CT molecular complexity index is 584. The Balaban J connectivity index is 2.10. The van der Waals surface area contributed by atoms with E-state index in [4.69, 9.17) is 5.73 Å². The Labute approximate surface area is 121 Å². The number of hydrogen-bond donors (Lipinski definition) is 2. The van der Waals surface area contributed by atoms with Crippen molar-refractivity contribution < 1.29 is 9.18 Å². The quantitative estimate of drug-likeness (QED) is 0.859. The monoisotopic (exact) mass is 292 g/mol. The van der Waals surface area contributed by atoms with Crippen LogP contribution in [0.2, 0.25) is 0 Å². The summed E-state index contributed by atoms with van der Waals surface area (Å²) >= 11 is 1.67. The summed E-state index contributed by atoms with van der Waals surface area (Å²) in [6.07, 6.45) is 0.914. The molecule has 0 saturated carbocycles. The van der Waals surface area contributed by atoms with E-state index < -0.39 is 5.91 Å². The molecule has 106 valence electrons. The van der Waals surface area contributed by atoms with Gasteiger partial charge in [-0.15, -0.1) is 11.3 Å². The fraction of sp³-hybridized carbons (Fsp3) is 0.267. The molecule has 0 saturated heterocycles. The number of primary amides is 1. The predicted octanol–water partition coefficient (Wildman–Crippen LogP) is 3.23. The van der Waals surface area contributed by atoms with E-state index in [0.717, 1.165) is 6.42 Å². The number of benzene rings is 1. The van der Waals surface area contributed by atoms with Crippen LogP contribution in [0, 0.1) is 5.82 Å². The van der Waals surface area contributed by atoms with E-state index in [0.29, 0.717) is 17.7 Å². The van der Waals surface area contributed by atoms with Crippen molar-refractivity contribution in [1.29, 1.82) is 0 Å². The average Bonchev–Trinajstić information content (AvgIpc) is 2.95. The molecule has 2 rings (SSSR count). The molecular weight excluding hydrogens is 275 g/mol. The second kappa shape index (κ2) is 6.63. The molecular formula is C15H17FN2OS. The first-order chi connectivity index (χ1) is 9.61. The van der Waals surface area contributed by atoms with E-state index >= 15 is 0 Å². The summed E-state index contributed by atoms with van der Waals surface area (Å²) in [6.45, 7) is 2.44. The molecule has 3 N–H and O–H groups in total. The van der Waals surface area contributed by atoms with Crippen molar-refractivity contribution in [2.24, 2.45) is 5.73 Å². The Kier molecular flexibility index (Phi) is 4.87. The van der Waals surface area contributed by atoms with Crippen LogP contribution in [0.4, 0.5) is 4.39 Å². The van der Waals surface area contributed by atoms with Crippen LogP contribution in [0.5, 0.6) is 0 Å². The average molecular weight is 292 g/mol. The fourth-order valence-corrected chi connectivity index (χ4v) is 2.92. The van der Waals surface area contributed by atoms with E-state index in [-0.39, 0.29) is 11.9 Å². The van der Waals surface area contributed by atoms with Gasteiger partial charge < -0.3 is 11.1 Å². The van der Waals surface area contributed by atoms with Crippen LogP contribution in [-0.2, 0) is 6.54 Å². The van der Waals surface area contributed by atoms with Crippen molar-refractivity contribution in [1.82, 2.24) is 5.32 Å². The molecule has 0 aliphatic carbocycles. The van der Waals surface area contributed by atoms with Crippen molar-refractivity contribution in [2.45, 2.75) is 25.9 Å². The van der Waals surface area contributed by atoms with Gasteiger partial charge in [0.25, 0.3) is 0 Å². The normalized spacial score (nSPS) is 12.3. The lowest BCUT2D eigenvalue weighted by Gasteiger charge is -2.16. The molecule has 0 fully saturated rings. The second-order valence-electron chi connectivity index (χ2n) is 4.53. The summed E-state index contributed by atoms with van der Waals surface area (Å²) < 4.78 is 13.7. The smallest absolute Gasteiger partial charge is 0.248 e. The zero-order chi connectivity index (χ0) is 14.5. The highest BCUT2D eigenvalue weighted by Gasteiger charge is 2.12. The zero-order valence-electron chi connectivity index (χ0n) is 11.2. The third-order valence-corrected chi connectivity index (χ3v) is 4.15. The Morgan fingerprint density at radius 2 is 2.25 bits per heavy atom. The van der Waals surface area contributed by atoms with Gasteiger partial charge in [-0.25, -0.2) is 4.39 Å². The Hall–Kier alpha value is -1.72. The number of amides is 1. The lowest BCUT2D eigenvalue weighted by atomic mass is 10.1. The van der Waals surface area contributed by atoms with Crippen molar-refractivity contribution in [3.8, 4) is 0 Å². The number of carbonyl (C=O) groups excluding carboxylic acids is 1. The van der Waals surface area contributed by atoms with Gasteiger partial charge in [0.1, 0.15) is 5.82 Å². The lowest BCUT2D eigenvalue weighted by molar-refractivity contribution is 0.1000. The number of thiophene rings is 1. The van der Waals surface area contributed by atoms with Gasteiger partial charge in [0.05, 0.1) is 0 Å². The van der Waals surface area contributed by atoms with Crippen LogP contribution < -0.4 is 11.1 Å². The highest BCUT2D eigenvalue weighted by molar-refractivity contribution is 7.10. The van der Waals surface area contributed by atoms with Crippen LogP contribution in [0.3, 0.4) is 0 Å². The summed E-state index contributed by atoms with van der Waals surface area (Å²) in [7, 11) is 0. The Morgan fingerprint density at radius 1 is 1.45 bits per heavy atom. The molecule has 0 spiro atoms. The number of nitrogens with one attached hydrogen (secondary N) is 1. The predicted molar refractivity (Wildman–Crippen MR) is 79.1 cm³/mol. The number of halogens is 1. The summed E-state index contributed by atoms with van der Waals surface area (Å²) in [5.41, 5.74) is 5.99. The number of rotatable bonds is 6. The van der Waals surface area contributed by atoms with Gasteiger partial charge in [-0.05, 0) is 36.1 Å². The largest absolute Gasteiger partial charge is 0.366 e. The molecule has 1 heterocycles. The maximum atomic E-state index is 13.7. The first-order valence-corrected chi connectivity index (χ1v) is 7.34. The van der Waals surface area contributed by atoms with Crippen LogP contribution in [0.25, 0.3) is 0 Å². The van der Waals surface area contributed by atoms with Crippen LogP contribution >= 0.6 is 11.3 Å². The molecule has 0 radical (unpaired) electrons. The number of hydrogen-bond acceptors (Lipinski definition) is 3. The van der Waals surface area contributed by atoms with E-state index in [1.165, 1.54) is 23.1 Å². The summed E-state index contributed by atoms with van der Waals surface area (Å²) in [4.78, 5) is 12.3. The molecule has 3 nitrogen and oxygen atoms in total. The molecule has 0 bridgehead atoms. The molecule has 1 atom stereocenters. The van der Waals surface area contributed by atoms with Crippen molar-refractivity contribution in [3.05, 3.63) is 57.5 Å². The number of carbonyl (C=O) groups is 1. The maximum Gasteiger partial charge on any atom is 0.248 e. The van der Waals surface area contributed by atoms with Crippen molar-refractivity contribution >= 4 is 17.2 Å². The van der Waals surface area contributed by atoms with Crippen molar-refractivity contribution in [3.63, 3.8) is 0 Å². The van der Waals surface area contributed by atoms with Gasteiger partial charge in [0.2, 0.25) is 5.91 Å². The molecule has 1 unspecified atom stereocenters. The fourth-order valence-electron chi connectivity index (χ4n) is 2.03. The van der Waals surface area contributed by atoms with Gasteiger partial charge in [-0.3, -0.25) is 4.79 Å². The van der Waals surface area contributed by atoms with Crippen LogP contribution in [-0.4, -0.2) is 5.91 Å².